The topological polar surface area (TPSA) is 226 Å². The summed E-state index contributed by atoms with van der Waals surface area (Å²) in [7, 11) is 1.89. The van der Waals surface area contributed by atoms with Gasteiger partial charge in [-0.3, -0.25) is 19.2 Å². The van der Waals surface area contributed by atoms with E-state index in [1.165, 1.54) is 6.33 Å². The molecule has 1 saturated heterocycles. The molecule has 0 unspecified atom stereocenters. The normalized spacial score (nSPS) is 15.0. The fraction of sp³-hybridized carbons (Fsp3) is 0.500. The van der Waals surface area contributed by atoms with Crippen molar-refractivity contribution in [2.24, 2.45) is 18.4 Å². The van der Waals surface area contributed by atoms with Crippen LogP contribution in [0.15, 0.2) is 96.9 Å². The van der Waals surface area contributed by atoms with E-state index in [-0.39, 0.29) is 35.6 Å². The van der Waals surface area contributed by atoms with Crippen LogP contribution in [0.5, 0.6) is 5.75 Å². The van der Waals surface area contributed by atoms with Gasteiger partial charge in [-0.05, 0) is 117 Å². The van der Waals surface area contributed by atoms with Gasteiger partial charge >= 0.3 is 0 Å². The molecule has 3 aromatic carbocycles. The quantitative estimate of drug-likeness (QED) is 0.0282. The van der Waals surface area contributed by atoms with Gasteiger partial charge in [0.05, 0.1) is 61.7 Å². The molecule has 0 bridgehead atoms. The second-order valence-electron chi connectivity index (χ2n) is 22.1. The smallest absolute Gasteiger partial charge is 0.251 e. The number of carbonyl (C=O) groups is 4. The van der Waals surface area contributed by atoms with E-state index in [1.807, 2.05) is 118 Å². The van der Waals surface area contributed by atoms with Gasteiger partial charge in [0.2, 0.25) is 17.7 Å². The molecule has 440 valence electrons. The molecule has 19 nitrogen and oxygen atoms in total. The molecular weight excluding hydrogens is 1060 g/mol. The summed E-state index contributed by atoms with van der Waals surface area (Å²) in [6.07, 6.45) is 10.3. The summed E-state index contributed by atoms with van der Waals surface area (Å²) in [5.74, 6) is 1.55. The number of aromatic nitrogens is 6. The Labute approximate surface area is 487 Å². The van der Waals surface area contributed by atoms with Crippen molar-refractivity contribution in [2.75, 3.05) is 58.1 Å². The fourth-order valence-electron chi connectivity index (χ4n) is 9.65. The Morgan fingerprint density at radius 1 is 0.780 bits per heavy atom. The molecule has 0 spiro atoms. The monoisotopic (exact) mass is 1140 g/mol. The Bertz CT molecular complexity index is 2950. The first-order chi connectivity index (χ1) is 39.6. The maximum absolute atomic E-state index is 14.1. The van der Waals surface area contributed by atoms with E-state index in [9.17, 15) is 19.2 Å². The molecule has 7 rings (SSSR count). The van der Waals surface area contributed by atoms with E-state index < -0.39 is 17.5 Å². The van der Waals surface area contributed by atoms with Gasteiger partial charge in [0.1, 0.15) is 29.9 Å². The minimum Gasteiger partial charge on any atom is -0.494 e. The Balaban J connectivity index is 0.668. The van der Waals surface area contributed by atoms with E-state index in [4.69, 9.17) is 18.9 Å². The summed E-state index contributed by atoms with van der Waals surface area (Å²) in [5, 5.41) is 21.1. The van der Waals surface area contributed by atoms with Crippen LogP contribution in [-0.4, -0.2) is 123 Å². The Morgan fingerprint density at radius 3 is 2.18 bits per heavy atom. The summed E-state index contributed by atoms with van der Waals surface area (Å²) >= 11 is 1.60. The number of thiazole rings is 1. The predicted octanol–water partition coefficient (Wildman–Crippen LogP) is 9.44. The number of nitrogens with one attached hydrogen (secondary N) is 4. The summed E-state index contributed by atoms with van der Waals surface area (Å²) in [5.41, 5.74) is 7.32. The average Bonchev–Trinajstić information content (AvgIpc) is 4.36. The maximum Gasteiger partial charge on any atom is 0.251 e. The average molecular weight is 1140 g/mol. The Hall–Kier alpha value is -7.13. The van der Waals surface area contributed by atoms with Gasteiger partial charge < -0.3 is 49.7 Å². The first-order valence-corrected chi connectivity index (χ1v) is 29.6. The van der Waals surface area contributed by atoms with Gasteiger partial charge in [-0.2, -0.15) is 0 Å². The van der Waals surface area contributed by atoms with Crippen molar-refractivity contribution in [1.29, 1.82) is 0 Å². The van der Waals surface area contributed by atoms with Crippen LogP contribution >= 0.6 is 11.3 Å². The van der Waals surface area contributed by atoms with Gasteiger partial charge in [-0.1, -0.05) is 83.0 Å². The number of ether oxygens (including phenoxy) is 4. The van der Waals surface area contributed by atoms with Gasteiger partial charge in [-0.25, -0.2) is 15.0 Å². The fourth-order valence-corrected chi connectivity index (χ4v) is 10.5. The lowest BCUT2D eigenvalue weighted by atomic mass is 9.85. The van der Waals surface area contributed by atoms with Crippen LogP contribution in [0.3, 0.4) is 0 Å². The highest BCUT2D eigenvalue weighted by Gasteiger charge is 2.43. The minimum atomic E-state index is -0.760. The van der Waals surface area contributed by atoms with Crippen LogP contribution < -0.4 is 26.0 Å². The van der Waals surface area contributed by atoms with Crippen LogP contribution in [-0.2, 0) is 48.7 Å². The van der Waals surface area contributed by atoms with Crippen molar-refractivity contribution in [3.63, 3.8) is 0 Å². The molecule has 82 heavy (non-hydrogen) atoms. The van der Waals surface area contributed by atoms with Crippen LogP contribution in [0.2, 0.25) is 0 Å². The number of amides is 4. The van der Waals surface area contributed by atoms with E-state index in [0.29, 0.717) is 102 Å². The highest BCUT2D eigenvalue weighted by atomic mass is 32.1. The van der Waals surface area contributed by atoms with Gasteiger partial charge in [0.15, 0.2) is 11.6 Å². The first-order valence-electron chi connectivity index (χ1n) is 28.8. The van der Waals surface area contributed by atoms with E-state index in [2.05, 4.69) is 53.3 Å². The predicted molar refractivity (Wildman–Crippen MR) is 318 cm³/mol. The molecule has 1 fully saturated rings. The molecule has 1 aliphatic heterocycles. The van der Waals surface area contributed by atoms with Crippen molar-refractivity contribution in [3.8, 4) is 27.7 Å². The molecule has 3 aromatic heterocycles. The van der Waals surface area contributed by atoms with Gasteiger partial charge in [0.25, 0.3) is 5.91 Å². The number of rotatable bonds is 33. The lowest BCUT2D eigenvalue weighted by Gasteiger charge is -2.35. The molecule has 4 heterocycles. The van der Waals surface area contributed by atoms with Crippen LogP contribution in [0.25, 0.3) is 22.0 Å². The summed E-state index contributed by atoms with van der Waals surface area (Å²) in [4.78, 5) is 69.5. The second-order valence-corrected chi connectivity index (χ2v) is 23.0. The number of anilines is 1. The number of carbonyl (C=O) groups excluding carboxylic acids is 4. The highest BCUT2D eigenvalue weighted by molar-refractivity contribution is 7.13. The number of likely N-dealkylation sites (tertiary alicyclic amines) is 1. The second kappa shape index (κ2) is 31.9. The molecule has 0 radical (unpaired) electrons. The SMILES string of the molecule is Cc1ncsc1-c1ccc(CNC(=O)[C@@H]2C[C@@H](C)CN2C(=O)[C@@H](NC(=O)CCCCCOCCOCCOCCCCCCOc2cccc([C@@H](C)NC(=O)c3cccc(NCc4nnc(-c5ccncn5)n4C)c3)c2)C(C)(C)C)cc1. The van der Waals surface area contributed by atoms with E-state index >= 15 is 0 Å². The first kappa shape index (κ1) is 62.5. The van der Waals surface area contributed by atoms with Crippen molar-refractivity contribution < 1.29 is 38.1 Å². The summed E-state index contributed by atoms with van der Waals surface area (Å²) in [6, 6.07) is 23.5. The molecular formula is C62H83N11O8S. The number of aryl methyl sites for hydroxylation is 1. The molecule has 6 aromatic rings. The molecule has 4 atom stereocenters. The zero-order valence-corrected chi connectivity index (χ0v) is 49.6. The van der Waals surface area contributed by atoms with Gasteiger partial charge in [0, 0.05) is 57.2 Å². The maximum atomic E-state index is 14.1. The molecule has 1 aliphatic rings. The van der Waals surface area contributed by atoms with E-state index in [1.54, 1.807) is 34.6 Å². The zero-order valence-electron chi connectivity index (χ0n) is 48.8. The van der Waals surface area contributed by atoms with Crippen LogP contribution in [0.1, 0.15) is 131 Å². The van der Waals surface area contributed by atoms with Crippen molar-refractivity contribution in [2.45, 2.75) is 131 Å². The van der Waals surface area contributed by atoms with Gasteiger partial charge in [-0.15, -0.1) is 21.5 Å². The summed E-state index contributed by atoms with van der Waals surface area (Å²) in [6.45, 7) is 16.9. The molecule has 4 N–H and O–H groups in total. The number of hydrogen-bond donors (Lipinski definition) is 4. The molecule has 20 heteroatoms. The third kappa shape index (κ3) is 19.2. The summed E-state index contributed by atoms with van der Waals surface area (Å²) < 4.78 is 25.2. The number of unbranched alkanes of at least 4 members (excludes halogenated alkanes) is 5. The number of benzene rings is 3. The van der Waals surface area contributed by atoms with E-state index in [0.717, 1.165) is 83.0 Å². The highest BCUT2D eigenvalue weighted by Crippen LogP contribution is 2.30. The van der Waals surface area contributed by atoms with Crippen molar-refractivity contribution in [3.05, 3.63) is 125 Å². The lowest BCUT2D eigenvalue weighted by Crippen LogP contribution is -2.57. The lowest BCUT2D eigenvalue weighted by molar-refractivity contribution is -0.144. The largest absolute Gasteiger partial charge is 0.494 e. The zero-order chi connectivity index (χ0) is 58.3. The third-order valence-electron chi connectivity index (χ3n) is 14.4. The van der Waals surface area contributed by atoms with Crippen LogP contribution in [0, 0.1) is 18.3 Å². The third-order valence-corrected chi connectivity index (χ3v) is 15.4. The standard InChI is InChI=1S/C62H83N11O8S/c1-43-35-53(60(76)65-38-46-22-24-47(25-23-46)56-45(3)67-42-82-56)73(40-43)61(77)57(62(4,5)6)69-55(74)21-11-10-13-29-79-32-34-80-33-31-78-28-12-8-9-14-30-81-51-20-16-17-48(37-51)44(2)68-59(75)49-18-15-19-50(36-49)64-39-54-70-71-58(72(54)7)52-26-27-63-41-66-52/h15-20,22-27,36-37,41-44,53,57,64H,8-14,21,28-35,38-40H2,1-7H3,(H,65,76)(H,68,75)(H,69,74)/t43-,44-,53+,57-/m1/s1. The van der Waals surface area contributed by atoms with Crippen molar-refractivity contribution >= 4 is 40.7 Å². The molecule has 0 saturated carbocycles. The molecule has 0 aliphatic carbocycles. The van der Waals surface area contributed by atoms with Crippen molar-refractivity contribution in [1.82, 2.24) is 50.6 Å². The number of hydrogen-bond acceptors (Lipinski definition) is 15. The Kier molecular flexibility index (Phi) is 24.3. The molecule has 4 amide bonds. The van der Waals surface area contributed by atoms with Crippen LogP contribution in [0.4, 0.5) is 5.69 Å². The Morgan fingerprint density at radius 2 is 1.49 bits per heavy atom. The number of nitrogens with zero attached hydrogens (tertiary/aromatic N) is 7. The minimum absolute atomic E-state index is 0.157.